The Bertz CT molecular complexity index is 570. The molecule has 1 N–H and O–H groups in total. The van der Waals surface area contributed by atoms with E-state index < -0.39 is 11.9 Å². The van der Waals surface area contributed by atoms with Crippen LogP contribution in [0.5, 0.6) is 5.75 Å². The fraction of sp³-hybridized carbons (Fsp3) is 0.200. The molecule has 0 radical (unpaired) electrons. The fourth-order valence-corrected chi connectivity index (χ4v) is 1.87. The lowest BCUT2D eigenvalue weighted by Crippen LogP contribution is -2.04. The standard InChI is InChI=1S/C15H14F2O2/c1-19-15-9-11(6-7-13(15)17)14(18)8-10-4-2-3-5-12(10)16/h2-7,9,14,18H,8H2,1H3. The van der Waals surface area contributed by atoms with Crippen LogP contribution in [0.3, 0.4) is 0 Å². The van der Waals surface area contributed by atoms with E-state index in [1.54, 1.807) is 18.2 Å². The third-order valence-corrected chi connectivity index (χ3v) is 2.93. The van der Waals surface area contributed by atoms with Crippen LogP contribution in [0.1, 0.15) is 17.2 Å². The lowest BCUT2D eigenvalue weighted by molar-refractivity contribution is 0.176. The summed E-state index contributed by atoms with van der Waals surface area (Å²) in [6, 6.07) is 10.3. The smallest absolute Gasteiger partial charge is 0.165 e. The maximum atomic E-state index is 13.5. The van der Waals surface area contributed by atoms with Crippen LogP contribution in [0.4, 0.5) is 8.78 Å². The molecule has 0 heterocycles. The molecule has 2 aromatic carbocycles. The summed E-state index contributed by atoms with van der Waals surface area (Å²) in [4.78, 5) is 0. The van der Waals surface area contributed by atoms with Gasteiger partial charge < -0.3 is 9.84 Å². The molecule has 19 heavy (non-hydrogen) atoms. The molecule has 0 amide bonds. The van der Waals surface area contributed by atoms with Gasteiger partial charge in [-0.15, -0.1) is 0 Å². The first-order valence-corrected chi connectivity index (χ1v) is 5.86. The van der Waals surface area contributed by atoms with E-state index in [-0.39, 0.29) is 18.0 Å². The van der Waals surface area contributed by atoms with E-state index in [9.17, 15) is 13.9 Å². The molecule has 0 aliphatic heterocycles. The summed E-state index contributed by atoms with van der Waals surface area (Å²) in [6.45, 7) is 0. The van der Waals surface area contributed by atoms with Crippen LogP contribution in [0.15, 0.2) is 42.5 Å². The zero-order valence-electron chi connectivity index (χ0n) is 10.4. The molecule has 0 spiro atoms. The highest BCUT2D eigenvalue weighted by atomic mass is 19.1. The lowest BCUT2D eigenvalue weighted by atomic mass is 10.0. The predicted octanol–water partition coefficient (Wildman–Crippen LogP) is 3.25. The quantitative estimate of drug-likeness (QED) is 0.918. The zero-order chi connectivity index (χ0) is 13.8. The van der Waals surface area contributed by atoms with Crippen molar-refractivity contribution in [3.05, 3.63) is 65.2 Å². The van der Waals surface area contributed by atoms with Crippen molar-refractivity contribution >= 4 is 0 Å². The highest BCUT2D eigenvalue weighted by Crippen LogP contribution is 2.25. The minimum Gasteiger partial charge on any atom is -0.494 e. The Labute approximate surface area is 110 Å². The first kappa shape index (κ1) is 13.5. The molecule has 2 nitrogen and oxygen atoms in total. The average Bonchev–Trinajstić information content (AvgIpc) is 2.42. The molecule has 0 aliphatic rings. The van der Waals surface area contributed by atoms with Crippen molar-refractivity contribution in [2.45, 2.75) is 12.5 Å². The molecule has 4 heteroatoms. The molecule has 2 rings (SSSR count). The van der Waals surface area contributed by atoms with Gasteiger partial charge in [0.25, 0.3) is 0 Å². The molecule has 0 fully saturated rings. The van der Waals surface area contributed by atoms with Gasteiger partial charge in [-0.05, 0) is 29.3 Å². The van der Waals surface area contributed by atoms with Crippen LogP contribution >= 0.6 is 0 Å². The number of aliphatic hydroxyl groups excluding tert-OH is 1. The first-order chi connectivity index (χ1) is 9.11. The van der Waals surface area contributed by atoms with Crippen molar-refractivity contribution in [2.75, 3.05) is 7.11 Å². The molecule has 0 bridgehead atoms. The van der Waals surface area contributed by atoms with Crippen LogP contribution < -0.4 is 4.74 Å². The molecule has 0 aliphatic carbocycles. The SMILES string of the molecule is COc1cc(C(O)Cc2ccccc2F)ccc1F. The third kappa shape index (κ3) is 3.09. The Hall–Kier alpha value is -1.94. The Kier molecular flexibility index (Phi) is 4.12. The van der Waals surface area contributed by atoms with Gasteiger partial charge in [0.2, 0.25) is 0 Å². The number of methoxy groups -OCH3 is 1. The van der Waals surface area contributed by atoms with E-state index in [4.69, 9.17) is 4.74 Å². The van der Waals surface area contributed by atoms with E-state index in [1.807, 2.05) is 0 Å². The van der Waals surface area contributed by atoms with Crippen LogP contribution in [0.2, 0.25) is 0 Å². The van der Waals surface area contributed by atoms with Crippen molar-refractivity contribution in [2.24, 2.45) is 0 Å². The molecular formula is C15H14F2O2. The highest BCUT2D eigenvalue weighted by Gasteiger charge is 2.13. The topological polar surface area (TPSA) is 29.5 Å². The normalized spacial score (nSPS) is 12.2. The minimum atomic E-state index is -0.911. The van der Waals surface area contributed by atoms with E-state index >= 15 is 0 Å². The van der Waals surface area contributed by atoms with E-state index in [0.29, 0.717) is 11.1 Å². The van der Waals surface area contributed by atoms with E-state index in [0.717, 1.165) is 0 Å². The second-order valence-corrected chi connectivity index (χ2v) is 4.21. The molecule has 1 atom stereocenters. The van der Waals surface area contributed by atoms with Crippen molar-refractivity contribution in [1.82, 2.24) is 0 Å². The Morgan fingerprint density at radius 3 is 2.53 bits per heavy atom. The predicted molar refractivity (Wildman–Crippen MR) is 68.0 cm³/mol. The second-order valence-electron chi connectivity index (χ2n) is 4.21. The van der Waals surface area contributed by atoms with Gasteiger partial charge >= 0.3 is 0 Å². The number of aliphatic hydroxyl groups is 1. The summed E-state index contributed by atoms with van der Waals surface area (Å²) in [6.07, 6.45) is -0.784. The number of ether oxygens (including phenoxy) is 1. The van der Waals surface area contributed by atoms with Gasteiger partial charge in [-0.1, -0.05) is 24.3 Å². The van der Waals surface area contributed by atoms with Crippen molar-refractivity contribution in [1.29, 1.82) is 0 Å². The van der Waals surface area contributed by atoms with Crippen molar-refractivity contribution in [3.63, 3.8) is 0 Å². The van der Waals surface area contributed by atoms with Gasteiger partial charge in [0.1, 0.15) is 5.82 Å². The number of halogens is 2. The largest absolute Gasteiger partial charge is 0.494 e. The number of hydrogen-bond donors (Lipinski definition) is 1. The van der Waals surface area contributed by atoms with Crippen LogP contribution in [-0.2, 0) is 6.42 Å². The van der Waals surface area contributed by atoms with Gasteiger partial charge in [-0.25, -0.2) is 8.78 Å². The fourth-order valence-electron chi connectivity index (χ4n) is 1.87. The van der Waals surface area contributed by atoms with Gasteiger partial charge in [0.15, 0.2) is 11.6 Å². The Morgan fingerprint density at radius 1 is 1.11 bits per heavy atom. The van der Waals surface area contributed by atoms with Crippen LogP contribution in [-0.4, -0.2) is 12.2 Å². The second kappa shape index (κ2) is 5.80. The summed E-state index contributed by atoms with van der Waals surface area (Å²) < 4.78 is 31.6. The average molecular weight is 264 g/mol. The monoisotopic (exact) mass is 264 g/mol. The molecule has 0 aromatic heterocycles. The summed E-state index contributed by atoms with van der Waals surface area (Å²) in [5.41, 5.74) is 0.903. The summed E-state index contributed by atoms with van der Waals surface area (Å²) >= 11 is 0. The molecule has 2 aromatic rings. The number of hydrogen-bond acceptors (Lipinski definition) is 2. The Balaban J connectivity index is 2.20. The number of rotatable bonds is 4. The van der Waals surface area contributed by atoms with Crippen LogP contribution in [0, 0.1) is 11.6 Å². The molecule has 1 unspecified atom stereocenters. The van der Waals surface area contributed by atoms with Crippen molar-refractivity contribution in [3.8, 4) is 5.75 Å². The number of benzene rings is 2. The van der Waals surface area contributed by atoms with Gasteiger partial charge in [0.05, 0.1) is 13.2 Å². The summed E-state index contributed by atoms with van der Waals surface area (Å²) in [7, 11) is 1.35. The maximum Gasteiger partial charge on any atom is 0.165 e. The van der Waals surface area contributed by atoms with E-state index in [1.165, 1.54) is 31.4 Å². The Morgan fingerprint density at radius 2 is 1.84 bits per heavy atom. The molecule has 100 valence electrons. The summed E-state index contributed by atoms with van der Waals surface area (Å²) in [5.74, 6) is -0.801. The summed E-state index contributed by atoms with van der Waals surface area (Å²) in [5, 5.41) is 10.1. The minimum absolute atomic E-state index is 0.0603. The highest BCUT2D eigenvalue weighted by molar-refractivity contribution is 5.32. The van der Waals surface area contributed by atoms with Crippen molar-refractivity contribution < 1.29 is 18.6 Å². The van der Waals surface area contributed by atoms with Crippen LogP contribution in [0.25, 0.3) is 0 Å². The lowest BCUT2D eigenvalue weighted by Gasteiger charge is -2.13. The zero-order valence-corrected chi connectivity index (χ0v) is 10.4. The van der Waals surface area contributed by atoms with Gasteiger partial charge in [-0.3, -0.25) is 0 Å². The van der Waals surface area contributed by atoms with Gasteiger partial charge in [0, 0.05) is 6.42 Å². The molecule has 0 saturated carbocycles. The molecule has 0 saturated heterocycles. The van der Waals surface area contributed by atoms with E-state index in [2.05, 4.69) is 0 Å². The van der Waals surface area contributed by atoms with Gasteiger partial charge in [-0.2, -0.15) is 0 Å². The maximum absolute atomic E-state index is 13.5. The third-order valence-electron chi connectivity index (χ3n) is 2.93. The first-order valence-electron chi connectivity index (χ1n) is 5.86. The molecular weight excluding hydrogens is 250 g/mol.